The van der Waals surface area contributed by atoms with Gasteiger partial charge in [0.1, 0.15) is 17.7 Å². The van der Waals surface area contributed by atoms with E-state index in [1.54, 1.807) is 13.2 Å². The van der Waals surface area contributed by atoms with Gasteiger partial charge in [0.15, 0.2) is 0 Å². The van der Waals surface area contributed by atoms with Gasteiger partial charge in [-0.1, -0.05) is 0 Å². The summed E-state index contributed by atoms with van der Waals surface area (Å²) in [6, 6.07) is 3.16. The molecule has 0 aliphatic carbocycles. The number of anilines is 2. The summed E-state index contributed by atoms with van der Waals surface area (Å²) in [5, 5.41) is 10.9. The number of ether oxygens (including phenoxy) is 1. The van der Waals surface area contributed by atoms with Crippen LogP contribution in [0.1, 0.15) is 25.7 Å². The van der Waals surface area contributed by atoms with Crippen LogP contribution in [0.5, 0.6) is 0 Å². The van der Waals surface area contributed by atoms with E-state index < -0.39 is 4.92 Å². The lowest BCUT2D eigenvalue weighted by Gasteiger charge is -2.42. The zero-order chi connectivity index (χ0) is 17.3. The minimum absolute atomic E-state index is 0.137. The smallest absolute Gasteiger partial charge is 0.310 e. The Bertz CT molecular complexity index is 597. The Kier molecular flexibility index (Phi) is 4.86. The van der Waals surface area contributed by atoms with Crippen molar-refractivity contribution in [2.75, 3.05) is 37.9 Å². The van der Waals surface area contributed by atoms with Crippen LogP contribution in [0.15, 0.2) is 12.3 Å². The largest absolute Gasteiger partial charge is 0.393 e. The van der Waals surface area contributed by atoms with Gasteiger partial charge in [-0.2, -0.15) is 0 Å². The maximum Gasteiger partial charge on any atom is 0.310 e. The number of nitrogens with two attached hydrogens (primary N) is 1. The molecule has 2 N–H and O–H groups in total. The van der Waals surface area contributed by atoms with E-state index in [2.05, 4.69) is 14.8 Å². The number of piperidine rings is 1. The third kappa shape index (κ3) is 3.16. The van der Waals surface area contributed by atoms with Crippen LogP contribution in [0.4, 0.5) is 17.2 Å². The molecule has 1 aromatic rings. The molecular formula is C16H25N5O3. The average Bonchev–Trinajstić information content (AvgIpc) is 2.79. The Morgan fingerprint density at radius 1 is 1.46 bits per heavy atom. The quantitative estimate of drug-likeness (QED) is 0.623. The summed E-state index contributed by atoms with van der Waals surface area (Å²) in [6.07, 6.45) is 5.87. The summed E-state index contributed by atoms with van der Waals surface area (Å²) >= 11 is 0. The van der Waals surface area contributed by atoms with Gasteiger partial charge >= 0.3 is 5.69 Å². The second-order valence-electron chi connectivity index (χ2n) is 6.71. The lowest BCUT2D eigenvalue weighted by molar-refractivity contribution is -0.384. The number of fused-ring (bicyclic) bond motifs is 2. The van der Waals surface area contributed by atoms with Gasteiger partial charge in [0.2, 0.25) is 0 Å². The Balaban J connectivity index is 1.70. The molecule has 2 saturated heterocycles. The molecular weight excluding hydrogens is 310 g/mol. The molecule has 132 valence electrons. The highest BCUT2D eigenvalue weighted by molar-refractivity contribution is 5.62. The van der Waals surface area contributed by atoms with Crippen LogP contribution in [0.3, 0.4) is 0 Å². The van der Waals surface area contributed by atoms with E-state index in [0.717, 1.165) is 26.0 Å². The minimum Gasteiger partial charge on any atom is -0.393 e. The van der Waals surface area contributed by atoms with Crippen molar-refractivity contribution in [3.05, 3.63) is 22.4 Å². The monoisotopic (exact) mass is 335 g/mol. The summed E-state index contributed by atoms with van der Waals surface area (Å²) in [7, 11) is 3.75. The Labute approximate surface area is 141 Å². The molecule has 2 aliphatic rings. The number of hydrogen-bond donors (Lipinski definition) is 1. The van der Waals surface area contributed by atoms with Crippen LogP contribution < -0.4 is 10.6 Å². The Morgan fingerprint density at radius 2 is 2.12 bits per heavy atom. The number of pyridine rings is 1. The normalized spacial score (nSPS) is 26.5. The van der Waals surface area contributed by atoms with E-state index in [-0.39, 0.29) is 11.4 Å². The number of nitro groups is 1. The van der Waals surface area contributed by atoms with Gasteiger partial charge in [-0.05, 0) is 25.7 Å². The predicted octanol–water partition coefficient (Wildman–Crippen LogP) is 1.65. The number of nitrogen functional groups attached to an aromatic ring is 1. The van der Waals surface area contributed by atoms with Crippen LogP contribution >= 0.6 is 0 Å². The first-order valence-corrected chi connectivity index (χ1v) is 8.38. The number of hydrogen-bond acceptors (Lipinski definition) is 7. The summed E-state index contributed by atoms with van der Waals surface area (Å²) < 4.78 is 5.23. The highest BCUT2D eigenvalue weighted by Crippen LogP contribution is 2.38. The van der Waals surface area contributed by atoms with Crippen molar-refractivity contribution in [1.29, 1.82) is 0 Å². The van der Waals surface area contributed by atoms with Gasteiger partial charge in [-0.15, -0.1) is 0 Å². The molecule has 2 aliphatic heterocycles. The first kappa shape index (κ1) is 16.9. The summed E-state index contributed by atoms with van der Waals surface area (Å²) in [6.45, 7) is 1.76. The molecule has 1 aromatic heterocycles. The molecule has 2 unspecified atom stereocenters. The molecule has 0 aromatic carbocycles. The maximum absolute atomic E-state index is 10.9. The highest BCUT2D eigenvalue weighted by Gasteiger charge is 2.41. The summed E-state index contributed by atoms with van der Waals surface area (Å²) in [5.74, 6) is 0.702. The van der Waals surface area contributed by atoms with Crippen molar-refractivity contribution in [3.63, 3.8) is 0 Å². The minimum atomic E-state index is -0.499. The van der Waals surface area contributed by atoms with Gasteiger partial charge in [-0.3, -0.25) is 15.0 Å². The predicted molar refractivity (Wildman–Crippen MR) is 92.1 cm³/mol. The van der Waals surface area contributed by atoms with Gasteiger partial charge < -0.3 is 15.4 Å². The molecule has 24 heavy (non-hydrogen) atoms. The Hall–Kier alpha value is -1.93. The van der Waals surface area contributed by atoms with E-state index >= 15 is 0 Å². The topological polar surface area (TPSA) is 97.8 Å². The van der Waals surface area contributed by atoms with Crippen molar-refractivity contribution >= 4 is 17.2 Å². The van der Waals surface area contributed by atoms with E-state index in [4.69, 9.17) is 10.5 Å². The molecule has 0 radical (unpaired) electrons. The molecule has 2 atom stereocenters. The van der Waals surface area contributed by atoms with E-state index in [0.29, 0.717) is 23.9 Å². The molecule has 3 heterocycles. The Morgan fingerprint density at radius 3 is 2.67 bits per heavy atom. The van der Waals surface area contributed by atoms with Gasteiger partial charge in [0.05, 0.1) is 11.5 Å². The third-order valence-corrected chi connectivity index (χ3v) is 5.42. The summed E-state index contributed by atoms with van der Waals surface area (Å²) in [4.78, 5) is 19.3. The second-order valence-corrected chi connectivity index (χ2v) is 6.71. The van der Waals surface area contributed by atoms with E-state index in [1.165, 1.54) is 19.0 Å². The summed E-state index contributed by atoms with van der Waals surface area (Å²) in [5.41, 5.74) is 5.83. The second kappa shape index (κ2) is 6.90. The average molecular weight is 335 g/mol. The fourth-order valence-corrected chi connectivity index (χ4v) is 4.11. The SMILES string of the molecule is COCCN1C2CCC1CC(N(C)c1cc(N)c([N+](=O)[O-])cn1)C2. The number of rotatable bonds is 6. The number of aromatic nitrogens is 1. The molecule has 8 heteroatoms. The number of methoxy groups -OCH3 is 1. The van der Waals surface area contributed by atoms with Gasteiger partial charge in [0.25, 0.3) is 0 Å². The van der Waals surface area contributed by atoms with Crippen molar-refractivity contribution in [2.24, 2.45) is 0 Å². The zero-order valence-electron chi connectivity index (χ0n) is 14.2. The molecule has 8 nitrogen and oxygen atoms in total. The fraction of sp³-hybridized carbons (Fsp3) is 0.688. The standard InChI is InChI=1S/C16H25N5O3/c1-19(16-9-14(17)15(10-18-16)21(22)23)13-7-11-3-4-12(8-13)20(11)5-6-24-2/h9-13H,3-8H2,1-2H3,(H2,17,18). The van der Waals surface area contributed by atoms with Crippen molar-refractivity contribution in [1.82, 2.24) is 9.88 Å². The van der Waals surface area contributed by atoms with Crippen LogP contribution in [0.2, 0.25) is 0 Å². The first-order valence-electron chi connectivity index (χ1n) is 8.38. The fourth-order valence-electron chi connectivity index (χ4n) is 4.11. The lowest BCUT2D eigenvalue weighted by atomic mass is 9.96. The van der Waals surface area contributed by atoms with E-state index in [1.807, 2.05) is 7.05 Å². The maximum atomic E-state index is 10.9. The number of nitrogens with zero attached hydrogens (tertiary/aromatic N) is 4. The van der Waals surface area contributed by atoms with Gasteiger partial charge in [0, 0.05) is 44.9 Å². The van der Waals surface area contributed by atoms with Crippen LogP contribution in [0.25, 0.3) is 0 Å². The first-order chi connectivity index (χ1) is 11.5. The molecule has 0 saturated carbocycles. The van der Waals surface area contributed by atoms with Crippen molar-refractivity contribution in [3.8, 4) is 0 Å². The van der Waals surface area contributed by atoms with Crippen molar-refractivity contribution < 1.29 is 9.66 Å². The van der Waals surface area contributed by atoms with Crippen molar-refractivity contribution in [2.45, 2.75) is 43.8 Å². The third-order valence-electron chi connectivity index (χ3n) is 5.42. The molecule has 2 fully saturated rings. The highest BCUT2D eigenvalue weighted by atomic mass is 16.6. The van der Waals surface area contributed by atoms with Crippen LogP contribution in [-0.2, 0) is 4.74 Å². The molecule has 0 amide bonds. The molecule has 2 bridgehead atoms. The lowest BCUT2D eigenvalue weighted by Crippen LogP contribution is -2.50. The van der Waals surface area contributed by atoms with E-state index in [9.17, 15) is 10.1 Å². The molecule has 0 spiro atoms. The van der Waals surface area contributed by atoms with Crippen LogP contribution in [-0.4, -0.2) is 60.2 Å². The molecule has 3 rings (SSSR count). The zero-order valence-corrected chi connectivity index (χ0v) is 14.2. The van der Waals surface area contributed by atoms with Gasteiger partial charge in [-0.25, -0.2) is 4.98 Å². The van der Waals surface area contributed by atoms with Crippen LogP contribution in [0, 0.1) is 10.1 Å².